The number of halogens is 1. The molecular formula is C19H19BrN2O2. The first kappa shape index (κ1) is 15.5. The Morgan fingerprint density at radius 3 is 2.96 bits per heavy atom. The Kier molecular flexibility index (Phi) is 3.98. The molecule has 1 aromatic heterocycles. The molecule has 2 N–H and O–H groups in total. The first-order valence-electron chi connectivity index (χ1n) is 8.02. The largest absolute Gasteiger partial charge is 0.503 e. The Morgan fingerprint density at radius 2 is 2.12 bits per heavy atom. The molecule has 2 heterocycles. The molecule has 3 aromatic rings. The Labute approximate surface area is 149 Å². The van der Waals surface area contributed by atoms with E-state index in [1.165, 1.54) is 22.2 Å². The van der Waals surface area contributed by atoms with E-state index in [1.807, 2.05) is 12.1 Å². The number of para-hydroxylation sites is 1. The van der Waals surface area contributed by atoms with Crippen molar-refractivity contribution in [1.29, 1.82) is 0 Å². The summed E-state index contributed by atoms with van der Waals surface area (Å²) < 4.78 is 5.91. The van der Waals surface area contributed by atoms with E-state index in [-0.39, 0.29) is 5.75 Å². The minimum Gasteiger partial charge on any atom is -0.503 e. The van der Waals surface area contributed by atoms with Crippen LogP contribution in [0, 0.1) is 0 Å². The molecule has 0 saturated carbocycles. The number of phenols is 1. The normalized spacial score (nSPS) is 14.8. The molecule has 0 aliphatic carbocycles. The van der Waals surface area contributed by atoms with Gasteiger partial charge in [-0.05, 0) is 51.7 Å². The maximum atomic E-state index is 9.95. The van der Waals surface area contributed by atoms with Crippen molar-refractivity contribution in [3.05, 3.63) is 57.7 Å². The van der Waals surface area contributed by atoms with Gasteiger partial charge < -0.3 is 14.8 Å². The summed E-state index contributed by atoms with van der Waals surface area (Å²) in [5.74, 6) is 0.653. The fourth-order valence-electron chi connectivity index (χ4n) is 3.52. The zero-order valence-electron chi connectivity index (χ0n) is 13.5. The van der Waals surface area contributed by atoms with Crippen molar-refractivity contribution in [2.24, 2.45) is 0 Å². The second-order valence-corrected chi connectivity index (χ2v) is 7.07. The maximum absolute atomic E-state index is 9.95. The molecule has 1 aliphatic rings. The number of methoxy groups -OCH3 is 1. The van der Waals surface area contributed by atoms with Gasteiger partial charge in [-0.25, -0.2) is 0 Å². The van der Waals surface area contributed by atoms with Gasteiger partial charge in [0.15, 0.2) is 11.5 Å². The number of nitrogens with one attached hydrogen (secondary N) is 1. The molecule has 5 heteroatoms. The zero-order chi connectivity index (χ0) is 16.7. The van der Waals surface area contributed by atoms with E-state index in [0.29, 0.717) is 10.2 Å². The van der Waals surface area contributed by atoms with Crippen molar-refractivity contribution >= 4 is 26.8 Å². The van der Waals surface area contributed by atoms with Gasteiger partial charge in [0.05, 0.1) is 11.6 Å². The van der Waals surface area contributed by atoms with Crippen LogP contribution in [0.25, 0.3) is 10.9 Å². The van der Waals surface area contributed by atoms with Crippen LogP contribution >= 0.6 is 15.9 Å². The molecule has 4 nitrogen and oxygen atoms in total. The number of aromatic nitrogens is 1. The van der Waals surface area contributed by atoms with Gasteiger partial charge in [0.1, 0.15) is 0 Å². The van der Waals surface area contributed by atoms with Crippen LogP contribution in [0.2, 0.25) is 0 Å². The van der Waals surface area contributed by atoms with Crippen LogP contribution in [-0.2, 0) is 19.5 Å². The summed E-state index contributed by atoms with van der Waals surface area (Å²) in [6.45, 7) is 2.75. The summed E-state index contributed by atoms with van der Waals surface area (Å²) in [6, 6.07) is 12.4. The summed E-state index contributed by atoms with van der Waals surface area (Å²) >= 11 is 3.40. The maximum Gasteiger partial charge on any atom is 0.172 e. The van der Waals surface area contributed by atoms with Gasteiger partial charge in [0.2, 0.25) is 0 Å². The fourth-order valence-corrected chi connectivity index (χ4v) is 4.01. The van der Waals surface area contributed by atoms with Crippen LogP contribution in [0.1, 0.15) is 16.8 Å². The smallest absolute Gasteiger partial charge is 0.172 e. The van der Waals surface area contributed by atoms with Gasteiger partial charge in [-0.15, -0.1) is 0 Å². The van der Waals surface area contributed by atoms with Crippen LogP contribution in [0.5, 0.6) is 11.5 Å². The number of ether oxygens (including phenoxy) is 1. The van der Waals surface area contributed by atoms with Crippen LogP contribution in [0.3, 0.4) is 0 Å². The third-order valence-corrected chi connectivity index (χ3v) is 5.28. The molecule has 0 amide bonds. The first-order valence-corrected chi connectivity index (χ1v) is 8.81. The quantitative estimate of drug-likeness (QED) is 0.708. The summed E-state index contributed by atoms with van der Waals surface area (Å²) in [7, 11) is 1.57. The average Bonchev–Trinajstić information content (AvgIpc) is 2.95. The number of fused-ring (bicyclic) bond motifs is 3. The second kappa shape index (κ2) is 6.15. The molecule has 0 spiro atoms. The molecule has 0 radical (unpaired) electrons. The fraction of sp³-hybridized carbons (Fsp3) is 0.263. The highest BCUT2D eigenvalue weighted by Gasteiger charge is 2.21. The minimum absolute atomic E-state index is 0.151. The minimum atomic E-state index is 0.151. The topological polar surface area (TPSA) is 48.5 Å². The molecule has 0 fully saturated rings. The zero-order valence-corrected chi connectivity index (χ0v) is 15.1. The number of hydrogen-bond acceptors (Lipinski definition) is 3. The van der Waals surface area contributed by atoms with E-state index in [9.17, 15) is 5.11 Å². The molecule has 24 heavy (non-hydrogen) atoms. The van der Waals surface area contributed by atoms with E-state index in [1.54, 1.807) is 7.11 Å². The molecule has 0 saturated heterocycles. The molecule has 0 bridgehead atoms. The van der Waals surface area contributed by atoms with E-state index < -0.39 is 0 Å². The van der Waals surface area contributed by atoms with Gasteiger partial charge in [0, 0.05) is 36.2 Å². The highest BCUT2D eigenvalue weighted by molar-refractivity contribution is 9.10. The SMILES string of the molecule is COc1cc(CN2CCc3c([nH]c4ccccc34)C2)cc(Br)c1O. The Balaban J connectivity index is 1.58. The monoisotopic (exact) mass is 386 g/mol. The number of H-pyrrole nitrogens is 1. The summed E-state index contributed by atoms with van der Waals surface area (Å²) in [5, 5.41) is 11.3. The molecule has 1 aliphatic heterocycles. The number of aromatic hydroxyl groups is 1. The van der Waals surface area contributed by atoms with Crippen molar-refractivity contribution < 1.29 is 9.84 Å². The van der Waals surface area contributed by atoms with Crippen LogP contribution in [0.15, 0.2) is 40.9 Å². The van der Waals surface area contributed by atoms with Crippen molar-refractivity contribution in [3.8, 4) is 11.5 Å². The number of hydrogen-bond donors (Lipinski definition) is 2. The lowest BCUT2D eigenvalue weighted by atomic mass is 10.0. The Morgan fingerprint density at radius 1 is 1.29 bits per heavy atom. The highest BCUT2D eigenvalue weighted by Crippen LogP contribution is 2.36. The van der Waals surface area contributed by atoms with Gasteiger partial charge in [-0.3, -0.25) is 4.90 Å². The number of nitrogens with zero attached hydrogens (tertiary/aromatic N) is 1. The number of benzene rings is 2. The average molecular weight is 387 g/mol. The highest BCUT2D eigenvalue weighted by atomic mass is 79.9. The Bertz CT molecular complexity index is 904. The summed E-state index contributed by atoms with van der Waals surface area (Å²) in [5.41, 5.74) is 5.10. The summed E-state index contributed by atoms with van der Waals surface area (Å²) in [6.07, 6.45) is 1.05. The van der Waals surface area contributed by atoms with Crippen LogP contribution in [0.4, 0.5) is 0 Å². The van der Waals surface area contributed by atoms with E-state index in [4.69, 9.17) is 4.74 Å². The van der Waals surface area contributed by atoms with Crippen molar-refractivity contribution in [1.82, 2.24) is 9.88 Å². The first-order chi connectivity index (χ1) is 11.7. The van der Waals surface area contributed by atoms with Gasteiger partial charge in [-0.1, -0.05) is 18.2 Å². The second-order valence-electron chi connectivity index (χ2n) is 6.22. The van der Waals surface area contributed by atoms with Crippen molar-refractivity contribution in [2.75, 3.05) is 13.7 Å². The number of aromatic amines is 1. The van der Waals surface area contributed by atoms with E-state index in [2.05, 4.69) is 50.1 Å². The van der Waals surface area contributed by atoms with E-state index >= 15 is 0 Å². The molecule has 4 rings (SSSR count). The Hall–Kier alpha value is -1.98. The van der Waals surface area contributed by atoms with Crippen LogP contribution < -0.4 is 4.74 Å². The van der Waals surface area contributed by atoms with Gasteiger partial charge in [0.25, 0.3) is 0 Å². The lowest BCUT2D eigenvalue weighted by molar-refractivity contribution is 0.243. The molecule has 124 valence electrons. The molecule has 2 aromatic carbocycles. The molecular weight excluding hydrogens is 368 g/mol. The third kappa shape index (κ3) is 2.68. The number of phenolic OH excluding ortho intramolecular Hbond substituents is 1. The van der Waals surface area contributed by atoms with Crippen molar-refractivity contribution in [2.45, 2.75) is 19.5 Å². The molecule has 0 unspecified atom stereocenters. The van der Waals surface area contributed by atoms with Crippen LogP contribution in [-0.4, -0.2) is 28.6 Å². The molecule has 0 atom stereocenters. The third-order valence-electron chi connectivity index (χ3n) is 4.68. The van der Waals surface area contributed by atoms with Crippen molar-refractivity contribution in [3.63, 3.8) is 0 Å². The predicted molar refractivity (Wildman–Crippen MR) is 98.5 cm³/mol. The van der Waals surface area contributed by atoms with Gasteiger partial charge >= 0.3 is 0 Å². The predicted octanol–water partition coefficient (Wildman–Crippen LogP) is 4.20. The standard InChI is InChI=1S/C19H19BrN2O2/c1-24-18-9-12(8-15(20)19(18)23)10-22-7-6-14-13-4-2-3-5-16(13)21-17(14)11-22/h2-5,8-9,21,23H,6-7,10-11H2,1H3. The lowest BCUT2D eigenvalue weighted by Crippen LogP contribution is -2.29. The summed E-state index contributed by atoms with van der Waals surface area (Å²) in [4.78, 5) is 5.97. The number of rotatable bonds is 3. The van der Waals surface area contributed by atoms with Gasteiger partial charge in [-0.2, -0.15) is 0 Å². The lowest BCUT2D eigenvalue weighted by Gasteiger charge is -2.27. The van der Waals surface area contributed by atoms with E-state index in [0.717, 1.165) is 31.6 Å².